The number of rotatable bonds is 8. The van der Waals surface area contributed by atoms with Gasteiger partial charge in [-0.3, -0.25) is 4.79 Å². The Kier molecular flexibility index (Phi) is 7.11. The molecule has 12 nitrogen and oxygen atoms in total. The average Bonchev–Trinajstić information content (AvgIpc) is 3.09. The van der Waals surface area contributed by atoms with E-state index in [1.54, 1.807) is 24.3 Å². The van der Waals surface area contributed by atoms with Crippen LogP contribution in [0.4, 0.5) is 0 Å². The normalized spacial score (nSPS) is 26.6. The van der Waals surface area contributed by atoms with E-state index in [1.165, 1.54) is 10.8 Å². The zero-order valence-electron chi connectivity index (χ0n) is 16.7. The van der Waals surface area contributed by atoms with Gasteiger partial charge in [0.1, 0.15) is 24.4 Å². The van der Waals surface area contributed by atoms with Gasteiger partial charge in [0.2, 0.25) is 5.91 Å². The first-order chi connectivity index (χ1) is 15.1. The Bertz CT molecular complexity index is 1000. The number of carbonyl (C=O) groups is 3. The molecule has 0 saturated carbocycles. The summed E-state index contributed by atoms with van der Waals surface area (Å²) in [5.74, 6) is -4.23. The van der Waals surface area contributed by atoms with Crippen LogP contribution in [-0.2, 0) is 25.5 Å². The van der Waals surface area contributed by atoms with Crippen LogP contribution in [0.25, 0.3) is 10.9 Å². The summed E-state index contributed by atoms with van der Waals surface area (Å²) in [6.07, 6.45) is -6.90. The number of aliphatic hydroxyl groups is 4. The van der Waals surface area contributed by atoms with Gasteiger partial charge in [0.25, 0.3) is 0 Å². The van der Waals surface area contributed by atoms with Crippen molar-refractivity contribution in [2.45, 2.75) is 49.5 Å². The molecule has 5 N–H and O–H groups in total. The Labute approximate surface area is 181 Å². The van der Waals surface area contributed by atoms with E-state index in [0.717, 1.165) is 0 Å². The number of carbonyl (C=O) groups excluding carboxylic acids is 3. The minimum absolute atomic E-state index is 0.345. The quantitative estimate of drug-likeness (QED) is 0.261. The number of carboxylic acids is 2. The molecule has 2 aromatic rings. The van der Waals surface area contributed by atoms with Crippen molar-refractivity contribution in [2.24, 2.45) is 0 Å². The predicted molar refractivity (Wildman–Crippen MR) is 101 cm³/mol. The molecule has 2 heterocycles. The summed E-state index contributed by atoms with van der Waals surface area (Å²) in [5.41, 5.74) is 0.881. The fourth-order valence-electron chi connectivity index (χ4n) is 3.72. The van der Waals surface area contributed by atoms with Gasteiger partial charge in [-0.05, 0) is 11.6 Å². The first-order valence-electron chi connectivity index (χ1n) is 9.73. The minimum Gasteiger partial charge on any atom is -0.550 e. The summed E-state index contributed by atoms with van der Waals surface area (Å²) in [6, 6.07) is 4.90. The number of hydrogen-bond donors (Lipinski definition) is 5. The van der Waals surface area contributed by atoms with Gasteiger partial charge in [0.05, 0.1) is 30.6 Å². The summed E-state index contributed by atoms with van der Waals surface area (Å²) < 4.78 is 7.01. The van der Waals surface area contributed by atoms with Crippen molar-refractivity contribution < 1.29 is 49.8 Å². The lowest BCUT2D eigenvalue weighted by Gasteiger charge is -2.40. The smallest absolute Gasteiger partial charge is 0.225 e. The molecular formula is C20H22N2O10-2. The van der Waals surface area contributed by atoms with Gasteiger partial charge in [0, 0.05) is 24.0 Å². The van der Waals surface area contributed by atoms with E-state index in [2.05, 4.69) is 5.32 Å². The zero-order chi connectivity index (χ0) is 23.6. The number of aliphatic hydroxyl groups excluding tert-OH is 4. The van der Waals surface area contributed by atoms with Crippen molar-refractivity contribution in [1.82, 2.24) is 9.88 Å². The van der Waals surface area contributed by atoms with Gasteiger partial charge in [-0.2, -0.15) is 0 Å². The molecule has 0 spiro atoms. The van der Waals surface area contributed by atoms with Crippen molar-refractivity contribution >= 4 is 28.7 Å². The van der Waals surface area contributed by atoms with E-state index >= 15 is 0 Å². The van der Waals surface area contributed by atoms with E-state index in [9.17, 15) is 45.0 Å². The third-order valence-corrected chi connectivity index (χ3v) is 5.31. The van der Waals surface area contributed by atoms with Crippen molar-refractivity contribution in [3.63, 3.8) is 0 Å². The van der Waals surface area contributed by atoms with E-state index in [4.69, 9.17) is 4.74 Å². The Morgan fingerprint density at radius 1 is 1.09 bits per heavy atom. The van der Waals surface area contributed by atoms with Crippen LogP contribution in [0.3, 0.4) is 0 Å². The lowest BCUT2D eigenvalue weighted by molar-refractivity contribution is -0.317. The Morgan fingerprint density at radius 2 is 1.78 bits per heavy atom. The van der Waals surface area contributed by atoms with Crippen LogP contribution in [0.1, 0.15) is 18.2 Å². The second-order valence-electron chi connectivity index (χ2n) is 7.49. The van der Waals surface area contributed by atoms with Crippen LogP contribution >= 0.6 is 0 Å². The summed E-state index contributed by atoms with van der Waals surface area (Å²) in [4.78, 5) is 34.1. The maximum atomic E-state index is 12.4. The van der Waals surface area contributed by atoms with Crippen LogP contribution in [0, 0.1) is 0 Å². The maximum absolute atomic E-state index is 12.4. The molecule has 3 rings (SSSR count). The number of hydrogen-bond acceptors (Lipinski definition) is 10. The molecule has 1 amide bonds. The van der Waals surface area contributed by atoms with Crippen molar-refractivity contribution in [2.75, 3.05) is 6.61 Å². The molecule has 32 heavy (non-hydrogen) atoms. The van der Waals surface area contributed by atoms with Gasteiger partial charge in [0.15, 0.2) is 6.23 Å². The molecule has 1 aliphatic heterocycles. The number of aromatic nitrogens is 1. The number of aliphatic carboxylic acids is 2. The standard InChI is InChI=1S/C20H24N2O10/c23-8-13-16(27)17(28)18(29)19(32-13)22-7-9(10-3-1-2-4-12(10)22)5-14(24)21-11(20(30)31)6-15(25)26/h1-4,7,11,13,16-19,23,27-29H,5-6,8H2,(H,21,24)(H,25,26)(H,30,31)/p-2/t11-,13+,16+,17-,18+,19+/m0/s1. The average molecular weight is 450 g/mol. The number of ether oxygens (including phenoxy) is 1. The van der Waals surface area contributed by atoms with Crippen LogP contribution in [0.5, 0.6) is 0 Å². The Hall–Kier alpha value is -3.03. The van der Waals surface area contributed by atoms with E-state index < -0.39 is 67.6 Å². The van der Waals surface area contributed by atoms with E-state index in [0.29, 0.717) is 16.5 Å². The minimum atomic E-state index is -1.77. The van der Waals surface area contributed by atoms with Crippen LogP contribution in [0.15, 0.2) is 30.5 Å². The first kappa shape index (κ1) is 23.6. The van der Waals surface area contributed by atoms with Crippen LogP contribution in [-0.4, -0.2) is 79.9 Å². The van der Waals surface area contributed by atoms with E-state index in [-0.39, 0.29) is 6.42 Å². The second kappa shape index (κ2) is 9.63. The van der Waals surface area contributed by atoms with Gasteiger partial charge in [-0.15, -0.1) is 0 Å². The Morgan fingerprint density at radius 3 is 2.41 bits per heavy atom. The molecule has 6 atom stereocenters. The van der Waals surface area contributed by atoms with Gasteiger partial charge >= 0.3 is 0 Å². The first-order valence-corrected chi connectivity index (χ1v) is 9.73. The topological polar surface area (TPSA) is 204 Å². The molecule has 1 fully saturated rings. The molecule has 174 valence electrons. The molecule has 12 heteroatoms. The monoisotopic (exact) mass is 450 g/mol. The SMILES string of the molecule is O=C([O-])C[C@H](NC(=O)Cc1cn([C@@H]2O[C@H](CO)[C@@H](O)[C@H](O)[C@H]2O)c2ccccc12)C(=O)[O-]. The van der Waals surface area contributed by atoms with Crippen LogP contribution in [0.2, 0.25) is 0 Å². The van der Waals surface area contributed by atoms with Gasteiger partial charge in [-0.25, -0.2) is 0 Å². The molecule has 0 unspecified atom stereocenters. The second-order valence-corrected chi connectivity index (χ2v) is 7.49. The highest BCUT2D eigenvalue weighted by atomic mass is 16.6. The molecule has 0 aliphatic carbocycles. The summed E-state index contributed by atoms with van der Waals surface area (Å²) >= 11 is 0. The van der Waals surface area contributed by atoms with E-state index in [1.807, 2.05) is 0 Å². The third kappa shape index (κ3) is 4.74. The lowest BCUT2D eigenvalue weighted by Crippen LogP contribution is -2.56. The summed E-state index contributed by atoms with van der Waals surface area (Å²) in [5, 5.41) is 64.3. The summed E-state index contributed by atoms with van der Waals surface area (Å²) in [7, 11) is 0. The fourth-order valence-corrected chi connectivity index (χ4v) is 3.72. The highest BCUT2D eigenvalue weighted by Crippen LogP contribution is 2.33. The number of para-hydroxylation sites is 1. The predicted octanol–water partition coefficient (Wildman–Crippen LogP) is -4.47. The fraction of sp³-hybridized carbons (Fsp3) is 0.450. The highest BCUT2D eigenvalue weighted by molar-refractivity contribution is 5.91. The highest BCUT2D eigenvalue weighted by Gasteiger charge is 2.44. The molecule has 0 radical (unpaired) electrons. The van der Waals surface area contributed by atoms with Crippen molar-refractivity contribution in [3.8, 4) is 0 Å². The lowest BCUT2D eigenvalue weighted by atomic mass is 9.98. The molecule has 1 aromatic heterocycles. The Balaban J connectivity index is 1.90. The third-order valence-electron chi connectivity index (χ3n) is 5.31. The maximum Gasteiger partial charge on any atom is 0.225 e. The summed E-state index contributed by atoms with van der Waals surface area (Å²) in [6.45, 7) is -0.612. The van der Waals surface area contributed by atoms with Gasteiger partial charge in [-0.1, -0.05) is 18.2 Å². The van der Waals surface area contributed by atoms with Crippen LogP contribution < -0.4 is 15.5 Å². The zero-order valence-corrected chi connectivity index (χ0v) is 16.7. The largest absolute Gasteiger partial charge is 0.550 e. The molecular weight excluding hydrogens is 428 g/mol. The molecule has 0 bridgehead atoms. The molecule has 1 aromatic carbocycles. The number of nitrogens with one attached hydrogen (secondary N) is 1. The molecule has 1 aliphatic rings. The number of fused-ring (bicyclic) bond motifs is 1. The molecule has 1 saturated heterocycles. The van der Waals surface area contributed by atoms with Crippen molar-refractivity contribution in [3.05, 3.63) is 36.0 Å². The number of carboxylic acid groups (broad SMARTS) is 2. The number of nitrogens with zero attached hydrogens (tertiary/aromatic N) is 1. The number of benzene rings is 1. The van der Waals surface area contributed by atoms with Gasteiger partial charge < -0.3 is 54.8 Å². The number of amides is 1. The van der Waals surface area contributed by atoms with Crippen molar-refractivity contribution in [1.29, 1.82) is 0 Å².